The molecule has 3 aromatic rings. The number of carbonyl (C=O) groups excluding carboxylic acids is 1. The maximum absolute atomic E-state index is 13.5. The van der Waals surface area contributed by atoms with Crippen LogP contribution in [-0.4, -0.2) is 37.7 Å². The number of hydrogen-bond donors (Lipinski definition) is 1. The lowest BCUT2D eigenvalue weighted by Crippen LogP contribution is -2.31. The number of amides is 2. The van der Waals surface area contributed by atoms with E-state index in [1.165, 1.54) is 24.2 Å². The Hall–Kier alpha value is -2.99. The molecule has 2 aromatic heterocycles. The Bertz CT molecular complexity index is 1230. The highest BCUT2D eigenvalue weighted by molar-refractivity contribution is 7.90. The van der Waals surface area contributed by atoms with Gasteiger partial charge in [0.1, 0.15) is 0 Å². The fourth-order valence-electron chi connectivity index (χ4n) is 2.74. The molecule has 3 rings (SSSR count). The molecule has 164 valence electrons. The minimum absolute atomic E-state index is 0.155. The van der Waals surface area contributed by atoms with Gasteiger partial charge in [-0.15, -0.1) is 0 Å². The standard InChI is InChI=1S/C19H17F3N4O3S2/c1-11-16(12-6-7-15(31(3,28)29)14(9-12)19(20,21)22)30-18(24-11)26(2)17(27)25-13-5-4-8-23-10-13/h4-10H,1-3H3,(H,25,27). The molecular weight excluding hydrogens is 453 g/mol. The number of anilines is 2. The molecule has 2 heterocycles. The van der Waals surface area contributed by atoms with Crippen LogP contribution >= 0.6 is 11.3 Å². The number of sulfone groups is 1. The number of thiazole rings is 1. The van der Waals surface area contributed by atoms with Crippen molar-refractivity contribution >= 4 is 38.0 Å². The lowest BCUT2D eigenvalue weighted by molar-refractivity contribution is -0.139. The molecule has 0 fully saturated rings. The van der Waals surface area contributed by atoms with Crippen LogP contribution in [0.5, 0.6) is 0 Å². The Morgan fingerprint density at radius 3 is 2.52 bits per heavy atom. The molecule has 7 nitrogen and oxygen atoms in total. The van der Waals surface area contributed by atoms with Gasteiger partial charge in [0.25, 0.3) is 0 Å². The fourth-order valence-corrected chi connectivity index (χ4v) is 4.65. The third-order valence-corrected chi connectivity index (χ3v) is 6.67. The van der Waals surface area contributed by atoms with Gasteiger partial charge in [0, 0.05) is 19.5 Å². The second-order valence-electron chi connectivity index (χ2n) is 6.62. The summed E-state index contributed by atoms with van der Waals surface area (Å²) in [5.74, 6) is 0. The van der Waals surface area contributed by atoms with Gasteiger partial charge in [-0.05, 0) is 36.8 Å². The molecule has 0 atom stereocenters. The van der Waals surface area contributed by atoms with E-state index in [2.05, 4.69) is 15.3 Å². The molecule has 1 aromatic carbocycles. The first kappa shape index (κ1) is 22.7. The van der Waals surface area contributed by atoms with Crippen molar-refractivity contribution in [1.82, 2.24) is 9.97 Å². The average molecular weight is 470 g/mol. The first-order valence-corrected chi connectivity index (χ1v) is 11.4. The lowest BCUT2D eigenvalue weighted by Gasteiger charge is -2.14. The van der Waals surface area contributed by atoms with Crippen LogP contribution in [0.25, 0.3) is 10.4 Å². The van der Waals surface area contributed by atoms with Crippen molar-refractivity contribution in [1.29, 1.82) is 0 Å². The second-order valence-corrected chi connectivity index (χ2v) is 9.58. The van der Waals surface area contributed by atoms with Crippen LogP contribution in [0.15, 0.2) is 47.6 Å². The summed E-state index contributed by atoms with van der Waals surface area (Å²) in [5, 5.41) is 2.90. The van der Waals surface area contributed by atoms with Crippen molar-refractivity contribution in [3.05, 3.63) is 54.0 Å². The summed E-state index contributed by atoms with van der Waals surface area (Å²) in [7, 11) is -2.60. The van der Waals surface area contributed by atoms with Gasteiger partial charge in [0.05, 0.1) is 32.9 Å². The van der Waals surface area contributed by atoms with Crippen molar-refractivity contribution in [2.45, 2.75) is 18.0 Å². The van der Waals surface area contributed by atoms with Gasteiger partial charge >= 0.3 is 12.2 Å². The Morgan fingerprint density at radius 2 is 1.94 bits per heavy atom. The molecule has 0 saturated heterocycles. The Labute approximate surface area is 180 Å². The van der Waals surface area contributed by atoms with E-state index in [1.807, 2.05) is 0 Å². The third-order valence-electron chi connectivity index (χ3n) is 4.24. The minimum atomic E-state index is -4.85. The average Bonchev–Trinajstić information content (AvgIpc) is 3.08. The van der Waals surface area contributed by atoms with Crippen LogP contribution in [0, 0.1) is 6.92 Å². The van der Waals surface area contributed by atoms with Gasteiger partial charge in [-0.3, -0.25) is 9.88 Å². The smallest absolute Gasteiger partial charge is 0.306 e. The van der Waals surface area contributed by atoms with Gasteiger partial charge in [0.2, 0.25) is 0 Å². The molecule has 0 aliphatic carbocycles. The summed E-state index contributed by atoms with van der Waals surface area (Å²) in [4.78, 5) is 21.5. The van der Waals surface area contributed by atoms with Crippen LogP contribution in [0.4, 0.5) is 28.8 Å². The van der Waals surface area contributed by atoms with Crippen molar-refractivity contribution in [2.75, 3.05) is 23.5 Å². The van der Waals surface area contributed by atoms with Gasteiger partial charge in [-0.1, -0.05) is 17.4 Å². The van der Waals surface area contributed by atoms with Crippen LogP contribution in [-0.2, 0) is 16.0 Å². The Morgan fingerprint density at radius 1 is 1.23 bits per heavy atom. The first-order valence-electron chi connectivity index (χ1n) is 8.72. The summed E-state index contributed by atoms with van der Waals surface area (Å²) >= 11 is 1.01. The predicted molar refractivity (Wildman–Crippen MR) is 112 cm³/mol. The summed E-state index contributed by atoms with van der Waals surface area (Å²) in [6.45, 7) is 1.60. The van der Waals surface area contributed by atoms with Gasteiger partial charge in [0.15, 0.2) is 15.0 Å². The fraction of sp³-hybridized carbons (Fsp3) is 0.211. The van der Waals surface area contributed by atoms with E-state index in [4.69, 9.17) is 0 Å². The van der Waals surface area contributed by atoms with E-state index in [0.29, 0.717) is 16.3 Å². The molecule has 0 radical (unpaired) electrons. The summed E-state index contributed by atoms with van der Waals surface area (Å²) < 4.78 is 64.0. The van der Waals surface area contributed by atoms with E-state index < -0.39 is 32.5 Å². The molecule has 2 amide bonds. The van der Waals surface area contributed by atoms with Crippen LogP contribution < -0.4 is 10.2 Å². The number of pyridine rings is 1. The third kappa shape index (κ3) is 5.02. The highest BCUT2D eigenvalue weighted by Gasteiger charge is 2.36. The molecule has 0 unspecified atom stereocenters. The minimum Gasteiger partial charge on any atom is -0.306 e. The number of carbonyl (C=O) groups is 1. The molecule has 0 saturated carbocycles. The lowest BCUT2D eigenvalue weighted by atomic mass is 10.1. The van der Waals surface area contributed by atoms with Crippen LogP contribution in [0.3, 0.4) is 0 Å². The zero-order valence-corrected chi connectivity index (χ0v) is 18.2. The van der Waals surface area contributed by atoms with Crippen molar-refractivity contribution in [3.8, 4) is 10.4 Å². The van der Waals surface area contributed by atoms with Crippen molar-refractivity contribution < 1.29 is 26.4 Å². The number of urea groups is 1. The van der Waals surface area contributed by atoms with E-state index in [1.54, 1.807) is 25.3 Å². The largest absolute Gasteiger partial charge is 0.417 e. The first-order chi connectivity index (χ1) is 14.4. The van der Waals surface area contributed by atoms with Gasteiger partial charge in [-0.25, -0.2) is 18.2 Å². The van der Waals surface area contributed by atoms with Crippen LogP contribution in [0.2, 0.25) is 0 Å². The topological polar surface area (TPSA) is 92.3 Å². The second kappa shape index (κ2) is 8.27. The number of nitrogens with one attached hydrogen (secondary N) is 1. The summed E-state index contributed by atoms with van der Waals surface area (Å²) in [6.07, 6.45) is -1.11. The monoisotopic (exact) mass is 470 g/mol. The zero-order valence-electron chi connectivity index (χ0n) is 16.6. The molecular formula is C19H17F3N4O3S2. The van der Waals surface area contributed by atoms with E-state index in [0.717, 1.165) is 29.7 Å². The molecule has 12 heteroatoms. The molecule has 31 heavy (non-hydrogen) atoms. The number of benzene rings is 1. The maximum Gasteiger partial charge on any atom is 0.417 e. The molecule has 0 aliphatic heterocycles. The Kier molecular flexibility index (Phi) is 6.05. The van der Waals surface area contributed by atoms with Gasteiger partial charge < -0.3 is 5.32 Å². The quantitative estimate of drug-likeness (QED) is 0.602. The molecule has 0 bridgehead atoms. The molecule has 0 aliphatic rings. The van der Waals surface area contributed by atoms with Crippen LogP contribution in [0.1, 0.15) is 11.3 Å². The van der Waals surface area contributed by atoms with Crippen molar-refractivity contribution in [2.24, 2.45) is 0 Å². The summed E-state index contributed by atoms with van der Waals surface area (Å²) in [6, 6.07) is 5.82. The van der Waals surface area contributed by atoms with Crippen molar-refractivity contribution in [3.63, 3.8) is 0 Å². The highest BCUT2D eigenvalue weighted by atomic mass is 32.2. The number of nitrogens with zero attached hydrogens (tertiary/aromatic N) is 3. The van der Waals surface area contributed by atoms with E-state index >= 15 is 0 Å². The molecule has 0 spiro atoms. The normalized spacial score (nSPS) is 11.9. The number of halogens is 3. The number of aryl methyl sites for hydroxylation is 1. The number of hydrogen-bond acceptors (Lipinski definition) is 6. The molecule has 1 N–H and O–H groups in total. The van der Waals surface area contributed by atoms with Gasteiger partial charge in [-0.2, -0.15) is 13.2 Å². The summed E-state index contributed by atoms with van der Waals surface area (Å²) in [5.41, 5.74) is -0.216. The maximum atomic E-state index is 13.5. The number of aromatic nitrogens is 2. The number of alkyl halides is 3. The number of rotatable bonds is 4. The highest BCUT2D eigenvalue weighted by Crippen LogP contribution is 2.40. The van der Waals surface area contributed by atoms with E-state index in [9.17, 15) is 26.4 Å². The van der Waals surface area contributed by atoms with E-state index in [-0.39, 0.29) is 10.7 Å². The Balaban J connectivity index is 1.96. The zero-order chi connectivity index (χ0) is 23.0. The predicted octanol–water partition coefficient (Wildman–Crippen LogP) is 4.60. The SMILES string of the molecule is Cc1nc(N(C)C(=O)Nc2cccnc2)sc1-c1ccc(S(C)(=O)=O)c(C(F)(F)F)c1.